The Bertz CT molecular complexity index is 1040. The smallest absolute Gasteiger partial charge is 0.260 e. The molecule has 8 heteroatoms. The fraction of sp³-hybridized carbons (Fsp3) is 0.455. The van der Waals surface area contributed by atoms with Crippen molar-refractivity contribution in [1.29, 1.82) is 0 Å². The Morgan fingerprint density at radius 3 is 2.73 bits per heavy atom. The number of hydrogen-bond donors (Lipinski definition) is 1. The van der Waals surface area contributed by atoms with Crippen LogP contribution in [0, 0.1) is 6.92 Å². The first-order valence-corrected chi connectivity index (χ1v) is 11.0. The molecule has 1 aromatic carbocycles. The van der Waals surface area contributed by atoms with E-state index < -0.39 is 0 Å². The molecule has 2 aromatic heterocycles. The van der Waals surface area contributed by atoms with Gasteiger partial charge in [-0.2, -0.15) is 5.10 Å². The topological polar surface area (TPSA) is 77.6 Å². The molecule has 1 N–H and O–H groups in total. The number of amides is 1. The Morgan fingerprint density at radius 2 is 1.97 bits per heavy atom. The zero-order valence-electron chi connectivity index (χ0n) is 17.5. The molecule has 1 aliphatic heterocycles. The predicted molar refractivity (Wildman–Crippen MR) is 118 cm³/mol. The van der Waals surface area contributed by atoms with Crippen LogP contribution in [0.4, 0.5) is 5.69 Å². The van der Waals surface area contributed by atoms with Crippen molar-refractivity contribution >= 4 is 23.2 Å². The summed E-state index contributed by atoms with van der Waals surface area (Å²) in [4.78, 5) is 12.8. The van der Waals surface area contributed by atoms with Gasteiger partial charge in [0, 0.05) is 30.8 Å². The summed E-state index contributed by atoms with van der Waals surface area (Å²) >= 11 is 6.42. The first-order valence-electron chi connectivity index (χ1n) is 10.6. The third-order valence-electron chi connectivity index (χ3n) is 5.53. The van der Waals surface area contributed by atoms with Crippen LogP contribution in [0.25, 0.3) is 11.4 Å². The highest BCUT2D eigenvalue weighted by Crippen LogP contribution is 2.25. The number of carbonyl (C=O) groups is 1. The van der Waals surface area contributed by atoms with Crippen LogP contribution in [-0.2, 0) is 19.5 Å². The van der Waals surface area contributed by atoms with Crippen LogP contribution < -0.4 is 5.32 Å². The van der Waals surface area contributed by atoms with Crippen LogP contribution >= 0.6 is 11.6 Å². The molecular weight excluding hydrogens is 400 g/mol. The Balaban J connectivity index is 1.50. The van der Waals surface area contributed by atoms with Gasteiger partial charge in [-0.15, -0.1) is 10.2 Å². The van der Waals surface area contributed by atoms with Gasteiger partial charge in [-0.05, 0) is 50.5 Å². The van der Waals surface area contributed by atoms with E-state index in [1.165, 1.54) is 12.8 Å². The van der Waals surface area contributed by atoms with E-state index >= 15 is 0 Å². The summed E-state index contributed by atoms with van der Waals surface area (Å²) in [7, 11) is 0. The maximum Gasteiger partial charge on any atom is 0.260 e. The zero-order chi connectivity index (χ0) is 21.1. The normalized spacial score (nSPS) is 13.7. The van der Waals surface area contributed by atoms with Crippen molar-refractivity contribution in [2.75, 3.05) is 5.32 Å². The third kappa shape index (κ3) is 4.12. The Kier molecular flexibility index (Phi) is 6.18. The van der Waals surface area contributed by atoms with Crippen LogP contribution in [0.15, 0.2) is 24.3 Å². The average molecular weight is 427 g/mol. The molecule has 0 fully saturated rings. The lowest BCUT2D eigenvalue weighted by Crippen LogP contribution is -2.13. The summed E-state index contributed by atoms with van der Waals surface area (Å²) in [6.45, 7) is 5.58. The summed E-state index contributed by atoms with van der Waals surface area (Å²) in [6.07, 6.45) is 6.53. The van der Waals surface area contributed by atoms with Gasteiger partial charge in [0.1, 0.15) is 11.0 Å². The van der Waals surface area contributed by atoms with Crippen molar-refractivity contribution < 1.29 is 4.79 Å². The molecule has 1 aliphatic rings. The fourth-order valence-corrected chi connectivity index (χ4v) is 4.21. The van der Waals surface area contributed by atoms with Gasteiger partial charge in [0.2, 0.25) is 0 Å². The number of carbonyl (C=O) groups excluding carboxylic acids is 1. The van der Waals surface area contributed by atoms with Crippen molar-refractivity contribution in [2.45, 2.75) is 65.5 Å². The molecule has 0 aliphatic carbocycles. The molecule has 3 aromatic rings. The second-order valence-corrected chi connectivity index (χ2v) is 8.12. The van der Waals surface area contributed by atoms with Gasteiger partial charge in [-0.25, -0.2) is 0 Å². The SMILES string of the molecule is CCCCn1nc(C)c(C(=O)Nc2ccc(-c3nnc4n3CCCCC4)cc2)c1Cl. The first-order chi connectivity index (χ1) is 14.6. The minimum atomic E-state index is -0.246. The largest absolute Gasteiger partial charge is 0.322 e. The van der Waals surface area contributed by atoms with Gasteiger partial charge in [0.25, 0.3) is 5.91 Å². The molecule has 0 saturated heterocycles. The maximum atomic E-state index is 12.8. The van der Waals surface area contributed by atoms with Crippen molar-refractivity contribution in [3.05, 3.63) is 46.5 Å². The number of aromatic nitrogens is 5. The lowest BCUT2D eigenvalue weighted by molar-refractivity contribution is 0.102. The van der Waals surface area contributed by atoms with Crippen LogP contribution in [-0.4, -0.2) is 30.5 Å². The zero-order valence-corrected chi connectivity index (χ0v) is 18.2. The number of unbranched alkanes of at least 4 members (excludes halogenated alkanes) is 1. The number of halogens is 1. The van der Waals surface area contributed by atoms with Gasteiger partial charge < -0.3 is 9.88 Å². The minimum absolute atomic E-state index is 0.246. The molecule has 0 atom stereocenters. The second-order valence-electron chi connectivity index (χ2n) is 7.76. The summed E-state index contributed by atoms with van der Waals surface area (Å²) in [6, 6.07) is 7.71. The van der Waals surface area contributed by atoms with Crippen LogP contribution in [0.1, 0.15) is 60.9 Å². The number of anilines is 1. The molecule has 0 spiro atoms. The van der Waals surface area contributed by atoms with Crippen molar-refractivity contribution in [3.63, 3.8) is 0 Å². The van der Waals surface area contributed by atoms with E-state index in [-0.39, 0.29) is 5.91 Å². The number of aryl methyl sites for hydroxylation is 3. The molecule has 3 heterocycles. The quantitative estimate of drug-likeness (QED) is 0.609. The molecule has 1 amide bonds. The lowest BCUT2D eigenvalue weighted by atomic mass is 10.1. The van der Waals surface area contributed by atoms with E-state index in [0.29, 0.717) is 28.6 Å². The Labute approximate surface area is 181 Å². The Hall–Kier alpha value is -2.67. The molecule has 158 valence electrons. The maximum absolute atomic E-state index is 12.8. The molecular formula is C22H27ClN6O. The summed E-state index contributed by atoms with van der Waals surface area (Å²) < 4.78 is 3.92. The van der Waals surface area contributed by atoms with Crippen molar-refractivity contribution in [1.82, 2.24) is 24.5 Å². The molecule has 0 unspecified atom stereocenters. The number of fused-ring (bicyclic) bond motifs is 1. The third-order valence-corrected chi connectivity index (χ3v) is 5.91. The van der Waals surface area contributed by atoms with Crippen LogP contribution in [0.3, 0.4) is 0 Å². The van der Waals surface area contributed by atoms with E-state index in [0.717, 1.165) is 49.4 Å². The summed E-state index contributed by atoms with van der Waals surface area (Å²) in [5, 5.41) is 16.5. The highest BCUT2D eigenvalue weighted by Gasteiger charge is 2.21. The van der Waals surface area contributed by atoms with E-state index in [9.17, 15) is 4.79 Å². The van der Waals surface area contributed by atoms with Gasteiger partial charge in [-0.1, -0.05) is 31.4 Å². The van der Waals surface area contributed by atoms with Crippen LogP contribution in [0.2, 0.25) is 5.15 Å². The fourth-order valence-electron chi connectivity index (χ4n) is 3.86. The number of nitrogens with zero attached hydrogens (tertiary/aromatic N) is 5. The predicted octanol–water partition coefficient (Wildman–Crippen LogP) is 4.88. The second kappa shape index (κ2) is 9.00. The van der Waals surface area contributed by atoms with Crippen molar-refractivity contribution in [2.24, 2.45) is 0 Å². The Morgan fingerprint density at radius 1 is 1.17 bits per heavy atom. The van der Waals surface area contributed by atoms with Gasteiger partial charge in [0.15, 0.2) is 5.82 Å². The lowest BCUT2D eigenvalue weighted by Gasteiger charge is -2.09. The van der Waals surface area contributed by atoms with Gasteiger partial charge in [0.05, 0.1) is 11.3 Å². The number of nitrogens with one attached hydrogen (secondary N) is 1. The number of benzene rings is 1. The van der Waals surface area contributed by atoms with Gasteiger partial charge >= 0.3 is 0 Å². The standard InChI is InChI=1S/C22H27ClN6O/c1-3-4-14-29-20(23)19(15(2)27-29)22(30)24-17-11-9-16(10-12-17)21-26-25-18-8-6-5-7-13-28(18)21/h9-12H,3-8,13-14H2,1-2H3,(H,24,30). The molecule has 30 heavy (non-hydrogen) atoms. The number of rotatable bonds is 6. The molecule has 0 radical (unpaired) electrons. The van der Waals surface area contributed by atoms with E-state index in [1.54, 1.807) is 4.68 Å². The number of hydrogen-bond acceptors (Lipinski definition) is 4. The first kappa shape index (κ1) is 20.6. The van der Waals surface area contributed by atoms with E-state index in [1.807, 2.05) is 31.2 Å². The van der Waals surface area contributed by atoms with Crippen molar-refractivity contribution in [3.8, 4) is 11.4 Å². The molecule has 0 saturated carbocycles. The summed E-state index contributed by atoms with van der Waals surface area (Å²) in [5.74, 6) is 1.70. The summed E-state index contributed by atoms with van der Waals surface area (Å²) in [5.41, 5.74) is 2.77. The molecule has 0 bridgehead atoms. The monoisotopic (exact) mass is 426 g/mol. The van der Waals surface area contributed by atoms with Gasteiger partial charge in [-0.3, -0.25) is 9.48 Å². The van der Waals surface area contributed by atoms with E-state index in [4.69, 9.17) is 11.6 Å². The van der Waals surface area contributed by atoms with E-state index in [2.05, 4.69) is 32.1 Å². The molecule has 4 rings (SSSR count). The van der Waals surface area contributed by atoms with Crippen LogP contribution in [0.5, 0.6) is 0 Å². The highest BCUT2D eigenvalue weighted by atomic mass is 35.5. The average Bonchev–Trinajstić information content (AvgIpc) is 3.16. The molecule has 7 nitrogen and oxygen atoms in total. The highest BCUT2D eigenvalue weighted by molar-refractivity contribution is 6.33. The minimum Gasteiger partial charge on any atom is -0.322 e.